The quantitative estimate of drug-likeness (QED) is 0.262. The van der Waals surface area contributed by atoms with Crippen molar-refractivity contribution >= 4 is 47.0 Å². The van der Waals surface area contributed by atoms with Gasteiger partial charge in [0, 0.05) is 17.0 Å². The molecular formula is C17H11ClN2O4S. The molecule has 126 valence electrons. The normalized spacial score (nSPS) is 15.2. The molecule has 25 heavy (non-hydrogen) atoms. The topological polar surface area (TPSA) is 81.8 Å². The van der Waals surface area contributed by atoms with Crippen LogP contribution in [0.15, 0.2) is 58.0 Å². The third-order valence-corrected chi connectivity index (χ3v) is 4.49. The molecule has 3 rings (SSSR count). The largest absolute Gasteiger partial charge is 0.402 e. The van der Waals surface area contributed by atoms with Crippen molar-refractivity contribution in [2.75, 3.05) is 6.26 Å². The van der Waals surface area contributed by atoms with E-state index in [0.717, 1.165) is 10.5 Å². The number of nitro groups is 1. The lowest BCUT2D eigenvalue weighted by Crippen LogP contribution is -2.06. The van der Waals surface area contributed by atoms with Gasteiger partial charge < -0.3 is 4.74 Å². The molecule has 1 aliphatic rings. The molecule has 1 aliphatic heterocycles. The number of esters is 1. The minimum atomic E-state index is -0.599. The van der Waals surface area contributed by atoms with Crippen LogP contribution in [0.5, 0.6) is 0 Å². The van der Waals surface area contributed by atoms with Gasteiger partial charge in [-0.1, -0.05) is 23.7 Å². The lowest BCUT2D eigenvalue weighted by atomic mass is 10.2. The van der Waals surface area contributed by atoms with E-state index >= 15 is 0 Å². The number of halogens is 1. The SMILES string of the molecule is CSc1ccc(C=C2N=C(c3ccc([N+](=O)[O-])cc3Cl)OC2=O)cc1. The average molecular weight is 375 g/mol. The molecule has 0 fully saturated rings. The van der Waals surface area contributed by atoms with E-state index in [4.69, 9.17) is 16.3 Å². The molecule has 8 heteroatoms. The van der Waals surface area contributed by atoms with Gasteiger partial charge >= 0.3 is 5.97 Å². The monoisotopic (exact) mass is 374 g/mol. The van der Waals surface area contributed by atoms with E-state index in [1.54, 1.807) is 17.8 Å². The molecule has 0 saturated carbocycles. The van der Waals surface area contributed by atoms with Gasteiger partial charge in [-0.2, -0.15) is 0 Å². The van der Waals surface area contributed by atoms with Gasteiger partial charge in [-0.15, -0.1) is 11.8 Å². The van der Waals surface area contributed by atoms with Crippen LogP contribution in [0, 0.1) is 10.1 Å². The van der Waals surface area contributed by atoms with E-state index < -0.39 is 10.9 Å². The van der Waals surface area contributed by atoms with Gasteiger partial charge in [0.05, 0.1) is 15.5 Å². The summed E-state index contributed by atoms with van der Waals surface area (Å²) in [5.41, 5.74) is 1.12. The summed E-state index contributed by atoms with van der Waals surface area (Å²) in [6.45, 7) is 0. The van der Waals surface area contributed by atoms with E-state index in [9.17, 15) is 14.9 Å². The summed E-state index contributed by atoms with van der Waals surface area (Å²) in [6, 6.07) is 11.5. The van der Waals surface area contributed by atoms with Crippen LogP contribution in [0.1, 0.15) is 11.1 Å². The number of hydrogen-bond donors (Lipinski definition) is 0. The van der Waals surface area contributed by atoms with E-state index in [-0.39, 0.29) is 22.3 Å². The highest BCUT2D eigenvalue weighted by Crippen LogP contribution is 2.27. The van der Waals surface area contributed by atoms with E-state index in [1.165, 1.54) is 18.2 Å². The molecule has 0 unspecified atom stereocenters. The molecule has 6 nitrogen and oxygen atoms in total. The van der Waals surface area contributed by atoms with Gasteiger partial charge in [-0.3, -0.25) is 10.1 Å². The zero-order chi connectivity index (χ0) is 18.0. The Morgan fingerprint density at radius 3 is 2.56 bits per heavy atom. The van der Waals surface area contributed by atoms with E-state index in [1.807, 2.05) is 30.5 Å². The standard InChI is InChI=1S/C17H11ClN2O4S/c1-25-12-5-2-10(3-6-12)8-15-17(21)24-16(19-15)13-7-4-11(20(22)23)9-14(13)18/h2-9H,1H3. The van der Waals surface area contributed by atoms with E-state index in [2.05, 4.69) is 4.99 Å². The summed E-state index contributed by atoms with van der Waals surface area (Å²) < 4.78 is 5.14. The Balaban J connectivity index is 1.91. The molecule has 2 aromatic rings. The first-order valence-electron chi connectivity index (χ1n) is 7.09. The Morgan fingerprint density at radius 1 is 1.24 bits per heavy atom. The molecular weight excluding hydrogens is 364 g/mol. The first kappa shape index (κ1) is 17.2. The van der Waals surface area contributed by atoms with Gasteiger partial charge in [-0.05, 0) is 36.1 Å². The van der Waals surface area contributed by atoms with Crippen molar-refractivity contribution in [2.24, 2.45) is 4.99 Å². The Kier molecular flexibility index (Phi) is 4.87. The van der Waals surface area contributed by atoms with Crippen LogP contribution in [0.2, 0.25) is 5.02 Å². The number of non-ortho nitro benzene ring substituents is 1. The maximum atomic E-state index is 12.0. The molecule has 0 bridgehead atoms. The van der Waals surface area contributed by atoms with Crippen LogP contribution in [-0.4, -0.2) is 23.0 Å². The van der Waals surface area contributed by atoms with E-state index in [0.29, 0.717) is 5.56 Å². The highest BCUT2D eigenvalue weighted by atomic mass is 35.5. The first-order valence-corrected chi connectivity index (χ1v) is 8.69. The Morgan fingerprint density at radius 2 is 1.96 bits per heavy atom. The van der Waals surface area contributed by atoms with Crippen molar-refractivity contribution in [1.29, 1.82) is 0 Å². The predicted molar refractivity (Wildman–Crippen MR) is 96.9 cm³/mol. The van der Waals surface area contributed by atoms with Gasteiger partial charge in [0.15, 0.2) is 5.70 Å². The number of thioether (sulfide) groups is 1. The predicted octanol–water partition coefficient (Wildman–Crippen LogP) is 4.31. The van der Waals surface area contributed by atoms with Crippen LogP contribution < -0.4 is 0 Å². The molecule has 2 aromatic carbocycles. The second-order valence-corrected chi connectivity index (χ2v) is 6.32. The van der Waals surface area contributed by atoms with Crippen LogP contribution >= 0.6 is 23.4 Å². The number of hydrogen-bond acceptors (Lipinski definition) is 6. The van der Waals surface area contributed by atoms with Crippen molar-refractivity contribution in [1.82, 2.24) is 0 Å². The number of aliphatic imine (C=N–C) groups is 1. The minimum Gasteiger partial charge on any atom is -0.402 e. The van der Waals surface area contributed by atoms with Crippen LogP contribution in [-0.2, 0) is 9.53 Å². The van der Waals surface area contributed by atoms with Crippen LogP contribution in [0.25, 0.3) is 6.08 Å². The fraction of sp³-hybridized carbons (Fsp3) is 0.0588. The van der Waals surface area contributed by atoms with Gasteiger partial charge in [0.25, 0.3) is 5.69 Å². The summed E-state index contributed by atoms with van der Waals surface area (Å²) in [6.07, 6.45) is 3.59. The fourth-order valence-corrected chi connectivity index (χ4v) is 2.84. The molecule has 0 saturated heterocycles. The first-order chi connectivity index (χ1) is 12.0. The second-order valence-electron chi connectivity index (χ2n) is 5.03. The Hall–Kier alpha value is -2.64. The summed E-state index contributed by atoms with van der Waals surface area (Å²) in [4.78, 5) is 27.5. The number of nitrogens with zero attached hydrogens (tertiary/aromatic N) is 2. The summed E-state index contributed by atoms with van der Waals surface area (Å²) >= 11 is 7.66. The van der Waals surface area contributed by atoms with Crippen LogP contribution in [0.4, 0.5) is 5.69 Å². The maximum absolute atomic E-state index is 12.0. The molecule has 0 aliphatic carbocycles. The zero-order valence-electron chi connectivity index (χ0n) is 12.9. The molecule has 0 aromatic heterocycles. The van der Waals surface area contributed by atoms with Gasteiger partial charge in [0.2, 0.25) is 5.90 Å². The molecule has 0 spiro atoms. The molecule has 0 amide bonds. The summed E-state index contributed by atoms with van der Waals surface area (Å²) in [5, 5.41) is 10.8. The minimum absolute atomic E-state index is 0.0249. The Labute approximate surface area is 152 Å². The third-order valence-electron chi connectivity index (χ3n) is 3.43. The number of nitro benzene ring substituents is 1. The number of ether oxygens (including phenoxy) is 1. The second kappa shape index (κ2) is 7.08. The van der Waals surface area contributed by atoms with Crippen molar-refractivity contribution < 1.29 is 14.5 Å². The highest BCUT2D eigenvalue weighted by molar-refractivity contribution is 7.98. The fourth-order valence-electron chi connectivity index (χ4n) is 2.17. The van der Waals surface area contributed by atoms with Crippen molar-refractivity contribution in [3.63, 3.8) is 0 Å². The summed E-state index contributed by atoms with van der Waals surface area (Å²) in [7, 11) is 0. The summed E-state index contributed by atoms with van der Waals surface area (Å²) in [5.74, 6) is -0.574. The average Bonchev–Trinajstić information content (AvgIpc) is 2.95. The number of carbonyl (C=O) groups is 1. The maximum Gasteiger partial charge on any atom is 0.363 e. The van der Waals surface area contributed by atoms with Gasteiger partial charge in [-0.25, -0.2) is 9.79 Å². The number of carbonyl (C=O) groups excluding carboxylic acids is 1. The zero-order valence-corrected chi connectivity index (χ0v) is 14.5. The third kappa shape index (κ3) is 3.72. The molecule has 0 atom stereocenters. The molecule has 1 heterocycles. The highest BCUT2D eigenvalue weighted by Gasteiger charge is 2.26. The smallest absolute Gasteiger partial charge is 0.363 e. The lowest BCUT2D eigenvalue weighted by molar-refractivity contribution is -0.384. The molecule has 0 N–H and O–H groups in total. The van der Waals surface area contributed by atoms with Crippen molar-refractivity contribution in [3.05, 3.63) is 74.4 Å². The number of benzene rings is 2. The number of cyclic esters (lactones) is 1. The van der Waals surface area contributed by atoms with Gasteiger partial charge in [0.1, 0.15) is 0 Å². The van der Waals surface area contributed by atoms with Crippen molar-refractivity contribution in [3.8, 4) is 0 Å². The number of rotatable bonds is 4. The van der Waals surface area contributed by atoms with Crippen LogP contribution in [0.3, 0.4) is 0 Å². The molecule has 0 radical (unpaired) electrons. The Bertz CT molecular complexity index is 923. The lowest BCUT2D eigenvalue weighted by Gasteiger charge is -2.02. The van der Waals surface area contributed by atoms with Crippen molar-refractivity contribution in [2.45, 2.75) is 4.90 Å².